The zero-order valence-electron chi connectivity index (χ0n) is 10.9. The number of hydrogen-bond acceptors (Lipinski definition) is 3. The molecular weight excluding hydrogens is 226 g/mol. The van der Waals surface area contributed by atoms with Crippen LogP contribution in [0.25, 0.3) is 0 Å². The van der Waals surface area contributed by atoms with Gasteiger partial charge in [0, 0.05) is 37.8 Å². The van der Waals surface area contributed by atoms with Crippen LogP contribution >= 0.6 is 0 Å². The lowest BCUT2D eigenvalue weighted by Crippen LogP contribution is -2.43. The first kappa shape index (κ1) is 12.9. The smallest absolute Gasteiger partial charge is 0.222 e. The van der Waals surface area contributed by atoms with Crippen LogP contribution in [0.2, 0.25) is 0 Å². The maximum absolute atomic E-state index is 11.7. The SMILES string of the molecule is CCNC(=O)CC(CN)N1CCc2ccccc21. The summed E-state index contributed by atoms with van der Waals surface area (Å²) >= 11 is 0. The Hall–Kier alpha value is -1.55. The predicted octanol–water partition coefficient (Wildman–Crippen LogP) is 0.903. The molecule has 4 heteroatoms. The number of carbonyl (C=O) groups excluding carboxylic acids is 1. The number of nitrogens with one attached hydrogen (secondary N) is 1. The minimum absolute atomic E-state index is 0.0809. The second kappa shape index (κ2) is 5.87. The Morgan fingerprint density at radius 2 is 2.28 bits per heavy atom. The molecule has 1 amide bonds. The third-order valence-corrected chi connectivity index (χ3v) is 3.43. The van der Waals surface area contributed by atoms with E-state index < -0.39 is 0 Å². The van der Waals surface area contributed by atoms with Crippen molar-refractivity contribution in [3.8, 4) is 0 Å². The molecule has 4 nitrogen and oxygen atoms in total. The molecule has 98 valence electrons. The third-order valence-electron chi connectivity index (χ3n) is 3.43. The summed E-state index contributed by atoms with van der Waals surface area (Å²) < 4.78 is 0. The lowest BCUT2D eigenvalue weighted by Gasteiger charge is -2.29. The summed E-state index contributed by atoms with van der Waals surface area (Å²) in [6, 6.07) is 8.46. The van der Waals surface area contributed by atoms with E-state index in [2.05, 4.69) is 28.4 Å². The molecule has 1 atom stereocenters. The maximum atomic E-state index is 11.7. The predicted molar refractivity (Wildman–Crippen MR) is 73.6 cm³/mol. The first-order valence-electron chi connectivity index (χ1n) is 6.57. The van der Waals surface area contributed by atoms with Crippen LogP contribution in [0, 0.1) is 0 Å². The second-order valence-electron chi connectivity index (χ2n) is 4.62. The summed E-state index contributed by atoms with van der Waals surface area (Å²) in [7, 11) is 0. The molecule has 1 aromatic carbocycles. The molecule has 3 N–H and O–H groups in total. The van der Waals surface area contributed by atoms with Crippen molar-refractivity contribution >= 4 is 11.6 Å². The van der Waals surface area contributed by atoms with Crippen molar-refractivity contribution in [2.45, 2.75) is 25.8 Å². The van der Waals surface area contributed by atoms with E-state index in [1.807, 2.05) is 13.0 Å². The molecule has 1 aliphatic rings. The fourth-order valence-electron chi connectivity index (χ4n) is 2.55. The minimum Gasteiger partial charge on any atom is -0.366 e. The second-order valence-corrected chi connectivity index (χ2v) is 4.62. The van der Waals surface area contributed by atoms with Gasteiger partial charge in [0.1, 0.15) is 0 Å². The number of rotatable bonds is 5. The molecule has 0 aromatic heterocycles. The first-order chi connectivity index (χ1) is 8.76. The lowest BCUT2D eigenvalue weighted by atomic mass is 10.1. The van der Waals surface area contributed by atoms with Crippen molar-refractivity contribution < 1.29 is 4.79 Å². The monoisotopic (exact) mass is 247 g/mol. The van der Waals surface area contributed by atoms with Gasteiger partial charge in [-0.3, -0.25) is 4.79 Å². The van der Waals surface area contributed by atoms with E-state index in [4.69, 9.17) is 5.73 Å². The molecule has 1 aliphatic heterocycles. The summed E-state index contributed by atoms with van der Waals surface area (Å²) in [5.41, 5.74) is 8.42. The molecule has 0 aliphatic carbocycles. The summed E-state index contributed by atoms with van der Waals surface area (Å²) in [6.07, 6.45) is 1.51. The number of fused-ring (bicyclic) bond motifs is 1. The Morgan fingerprint density at radius 1 is 1.50 bits per heavy atom. The van der Waals surface area contributed by atoms with Gasteiger partial charge in [0.05, 0.1) is 0 Å². The van der Waals surface area contributed by atoms with Crippen LogP contribution in [0.15, 0.2) is 24.3 Å². The minimum atomic E-state index is 0.0809. The van der Waals surface area contributed by atoms with Gasteiger partial charge in [0.25, 0.3) is 0 Å². The maximum Gasteiger partial charge on any atom is 0.222 e. The van der Waals surface area contributed by atoms with Crippen molar-refractivity contribution in [3.05, 3.63) is 29.8 Å². The molecule has 1 heterocycles. The Morgan fingerprint density at radius 3 is 3.00 bits per heavy atom. The normalized spacial score (nSPS) is 15.3. The molecule has 0 fully saturated rings. The Balaban J connectivity index is 2.08. The number of amides is 1. The topological polar surface area (TPSA) is 58.4 Å². The average molecular weight is 247 g/mol. The van der Waals surface area contributed by atoms with Crippen molar-refractivity contribution in [1.29, 1.82) is 0 Å². The van der Waals surface area contributed by atoms with E-state index in [1.165, 1.54) is 11.3 Å². The highest BCUT2D eigenvalue weighted by molar-refractivity contribution is 5.77. The number of para-hydroxylation sites is 1. The number of carbonyl (C=O) groups is 1. The van der Waals surface area contributed by atoms with Gasteiger partial charge in [0.2, 0.25) is 5.91 Å². The molecule has 0 spiro atoms. The van der Waals surface area contributed by atoms with Crippen LogP contribution < -0.4 is 16.0 Å². The standard InChI is InChI=1S/C14H21N3O/c1-2-16-14(18)9-12(10-15)17-8-7-11-5-3-4-6-13(11)17/h3-6,12H,2,7-10,15H2,1H3,(H,16,18). The number of nitrogens with two attached hydrogens (primary N) is 1. The zero-order valence-corrected chi connectivity index (χ0v) is 10.9. The molecule has 0 bridgehead atoms. The summed E-state index contributed by atoms with van der Waals surface area (Å²) in [4.78, 5) is 14.0. The number of benzene rings is 1. The highest BCUT2D eigenvalue weighted by Gasteiger charge is 2.26. The fourth-order valence-corrected chi connectivity index (χ4v) is 2.55. The van der Waals surface area contributed by atoms with E-state index in [-0.39, 0.29) is 11.9 Å². The van der Waals surface area contributed by atoms with Crippen LogP contribution in [0.4, 0.5) is 5.69 Å². The highest BCUT2D eigenvalue weighted by atomic mass is 16.1. The molecule has 2 rings (SSSR count). The van der Waals surface area contributed by atoms with Crippen LogP contribution in [-0.2, 0) is 11.2 Å². The Bertz CT molecular complexity index is 419. The van der Waals surface area contributed by atoms with Crippen molar-refractivity contribution in [1.82, 2.24) is 5.32 Å². The first-order valence-corrected chi connectivity index (χ1v) is 6.57. The summed E-state index contributed by atoms with van der Waals surface area (Å²) in [5, 5.41) is 2.84. The van der Waals surface area contributed by atoms with Crippen LogP contribution in [0.3, 0.4) is 0 Å². The van der Waals surface area contributed by atoms with Gasteiger partial charge < -0.3 is 16.0 Å². The van der Waals surface area contributed by atoms with E-state index >= 15 is 0 Å². The van der Waals surface area contributed by atoms with Crippen molar-refractivity contribution in [2.24, 2.45) is 5.73 Å². The molecule has 0 radical (unpaired) electrons. The molecule has 1 aromatic rings. The van der Waals surface area contributed by atoms with Gasteiger partial charge in [-0.15, -0.1) is 0 Å². The summed E-state index contributed by atoms with van der Waals surface area (Å²) in [5.74, 6) is 0.0809. The van der Waals surface area contributed by atoms with Crippen LogP contribution in [-0.4, -0.2) is 31.6 Å². The van der Waals surface area contributed by atoms with Crippen molar-refractivity contribution in [2.75, 3.05) is 24.5 Å². The van der Waals surface area contributed by atoms with Gasteiger partial charge in [-0.2, -0.15) is 0 Å². The van der Waals surface area contributed by atoms with E-state index in [1.54, 1.807) is 0 Å². The lowest BCUT2D eigenvalue weighted by molar-refractivity contribution is -0.121. The van der Waals surface area contributed by atoms with Gasteiger partial charge in [0.15, 0.2) is 0 Å². The number of hydrogen-bond donors (Lipinski definition) is 2. The highest BCUT2D eigenvalue weighted by Crippen LogP contribution is 2.29. The van der Waals surface area contributed by atoms with Gasteiger partial charge in [-0.1, -0.05) is 18.2 Å². The molecule has 0 saturated heterocycles. The van der Waals surface area contributed by atoms with Crippen LogP contribution in [0.5, 0.6) is 0 Å². The van der Waals surface area contributed by atoms with E-state index in [0.717, 1.165) is 13.0 Å². The third kappa shape index (κ3) is 2.64. The van der Waals surface area contributed by atoms with E-state index in [9.17, 15) is 4.79 Å². The molecular formula is C14H21N3O. The zero-order chi connectivity index (χ0) is 13.0. The van der Waals surface area contributed by atoms with Gasteiger partial charge in [-0.05, 0) is 25.0 Å². The molecule has 1 unspecified atom stereocenters. The number of nitrogens with zero attached hydrogens (tertiary/aromatic N) is 1. The Kier molecular flexibility index (Phi) is 4.20. The van der Waals surface area contributed by atoms with Gasteiger partial charge >= 0.3 is 0 Å². The summed E-state index contributed by atoms with van der Waals surface area (Å²) in [6.45, 7) is 4.07. The Labute approximate surface area is 108 Å². The average Bonchev–Trinajstić information content (AvgIpc) is 2.80. The van der Waals surface area contributed by atoms with Crippen molar-refractivity contribution in [3.63, 3.8) is 0 Å². The van der Waals surface area contributed by atoms with Gasteiger partial charge in [-0.25, -0.2) is 0 Å². The largest absolute Gasteiger partial charge is 0.366 e. The van der Waals surface area contributed by atoms with Crippen LogP contribution in [0.1, 0.15) is 18.9 Å². The fraction of sp³-hybridized carbons (Fsp3) is 0.500. The molecule has 18 heavy (non-hydrogen) atoms. The number of anilines is 1. The molecule has 0 saturated carbocycles. The quantitative estimate of drug-likeness (QED) is 0.813. The van der Waals surface area contributed by atoms with E-state index in [0.29, 0.717) is 19.5 Å².